The smallest absolute Gasteiger partial charge is 0.243 e. The molecule has 1 N–H and O–H groups in total. The van der Waals surface area contributed by atoms with Crippen LogP contribution in [0.4, 0.5) is 5.13 Å². The van der Waals surface area contributed by atoms with Crippen LogP contribution in [0.1, 0.15) is 25.1 Å². The van der Waals surface area contributed by atoms with Gasteiger partial charge in [-0.25, -0.2) is 13.4 Å². The Hall–Kier alpha value is -1.81. The number of aromatic nitrogens is 1. The molecule has 0 aliphatic heterocycles. The molecule has 0 radical (unpaired) electrons. The van der Waals surface area contributed by atoms with Gasteiger partial charge in [0.1, 0.15) is 0 Å². The van der Waals surface area contributed by atoms with Crippen molar-refractivity contribution in [2.45, 2.75) is 32.6 Å². The molecule has 2 aromatic rings. The summed E-state index contributed by atoms with van der Waals surface area (Å²) < 4.78 is 27.5. The summed E-state index contributed by atoms with van der Waals surface area (Å²) in [5, 5.41) is 4.99. The van der Waals surface area contributed by atoms with Gasteiger partial charge in [-0.2, -0.15) is 4.31 Å². The van der Waals surface area contributed by atoms with E-state index >= 15 is 0 Å². The van der Waals surface area contributed by atoms with E-state index in [9.17, 15) is 13.2 Å². The number of amides is 1. The maximum absolute atomic E-state index is 13.1. The van der Waals surface area contributed by atoms with Gasteiger partial charge in [0.05, 0.1) is 17.1 Å². The molecule has 0 saturated heterocycles. The molecule has 0 unspecified atom stereocenters. The van der Waals surface area contributed by atoms with Crippen molar-refractivity contribution >= 4 is 32.4 Å². The lowest BCUT2D eigenvalue weighted by Gasteiger charge is -2.25. The summed E-state index contributed by atoms with van der Waals surface area (Å²) >= 11 is 1.32. The Morgan fingerprint density at radius 3 is 2.29 bits per heavy atom. The topological polar surface area (TPSA) is 82.6 Å². The van der Waals surface area contributed by atoms with Crippen LogP contribution in [0.15, 0.2) is 34.5 Å². The number of hydrogen-bond acceptors (Lipinski definition) is 6. The number of rotatable bonds is 10. The third-order valence-corrected chi connectivity index (χ3v) is 7.14. The quantitative estimate of drug-likeness (QED) is 0.634. The molecule has 0 fully saturated rings. The molecule has 0 spiro atoms. The van der Waals surface area contributed by atoms with Gasteiger partial charge in [-0.05, 0) is 39.1 Å². The normalized spacial score (nSPS) is 11.9. The van der Waals surface area contributed by atoms with Crippen molar-refractivity contribution in [1.29, 1.82) is 0 Å². The van der Waals surface area contributed by atoms with Crippen molar-refractivity contribution in [2.75, 3.05) is 38.0 Å². The molecule has 0 saturated carbocycles. The lowest BCUT2D eigenvalue weighted by molar-refractivity contribution is -0.116. The van der Waals surface area contributed by atoms with Crippen LogP contribution in [0.5, 0.6) is 0 Å². The molecule has 0 aliphatic rings. The highest BCUT2D eigenvalue weighted by Gasteiger charge is 2.27. The lowest BCUT2D eigenvalue weighted by Crippen LogP contribution is -2.42. The van der Waals surface area contributed by atoms with Crippen molar-refractivity contribution in [3.8, 4) is 0 Å². The number of aryl methyl sites for hydroxylation is 2. The number of hydrogen-bond donors (Lipinski definition) is 1. The zero-order chi connectivity index (χ0) is 20.7. The zero-order valence-electron chi connectivity index (χ0n) is 16.8. The maximum Gasteiger partial charge on any atom is 0.243 e. The number of thiazole rings is 1. The van der Waals surface area contributed by atoms with Crippen LogP contribution in [0.2, 0.25) is 0 Å². The number of anilines is 1. The predicted octanol–water partition coefficient (Wildman–Crippen LogP) is 2.73. The first-order valence-corrected chi connectivity index (χ1v) is 11.6. The monoisotopic (exact) mass is 424 g/mol. The highest BCUT2D eigenvalue weighted by atomic mass is 32.2. The average molecular weight is 425 g/mol. The second kappa shape index (κ2) is 10.1. The summed E-state index contributed by atoms with van der Waals surface area (Å²) in [5.74, 6) is -0.399. The first kappa shape index (κ1) is 22.5. The molecule has 28 heavy (non-hydrogen) atoms. The molecule has 7 nitrogen and oxygen atoms in total. The van der Waals surface area contributed by atoms with E-state index < -0.39 is 15.9 Å². The number of carbonyl (C=O) groups is 1. The van der Waals surface area contributed by atoms with Crippen LogP contribution in [0, 0.1) is 13.8 Å². The molecule has 1 aromatic carbocycles. The van der Waals surface area contributed by atoms with Crippen molar-refractivity contribution in [3.05, 3.63) is 40.9 Å². The Morgan fingerprint density at radius 2 is 1.75 bits per heavy atom. The summed E-state index contributed by atoms with van der Waals surface area (Å²) in [6.07, 6.45) is 0. The van der Waals surface area contributed by atoms with E-state index in [0.717, 1.165) is 24.3 Å². The van der Waals surface area contributed by atoms with Gasteiger partial charge in [-0.15, -0.1) is 11.3 Å². The third-order valence-electron chi connectivity index (χ3n) is 4.40. The van der Waals surface area contributed by atoms with Crippen LogP contribution in [-0.4, -0.2) is 61.2 Å². The number of benzene rings is 1. The molecule has 0 atom stereocenters. The molecule has 154 valence electrons. The van der Waals surface area contributed by atoms with Crippen molar-refractivity contribution < 1.29 is 13.2 Å². The van der Waals surface area contributed by atoms with Gasteiger partial charge in [-0.1, -0.05) is 31.5 Å². The van der Waals surface area contributed by atoms with E-state index in [-0.39, 0.29) is 18.0 Å². The van der Waals surface area contributed by atoms with E-state index in [0.29, 0.717) is 11.7 Å². The Balaban J connectivity index is 2.19. The van der Waals surface area contributed by atoms with Crippen molar-refractivity contribution in [1.82, 2.24) is 14.2 Å². The molecular weight excluding hydrogens is 396 g/mol. The predicted molar refractivity (Wildman–Crippen MR) is 113 cm³/mol. The summed E-state index contributed by atoms with van der Waals surface area (Å²) in [6, 6.07) is 6.68. The molecule has 1 heterocycles. The minimum atomic E-state index is -3.78. The molecule has 2 rings (SSSR count). The fourth-order valence-corrected chi connectivity index (χ4v) is 4.76. The second-order valence-electron chi connectivity index (χ2n) is 6.52. The first-order chi connectivity index (χ1) is 13.3. The van der Waals surface area contributed by atoms with Crippen LogP contribution in [0.25, 0.3) is 0 Å². The molecule has 9 heteroatoms. The zero-order valence-corrected chi connectivity index (χ0v) is 18.4. The summed E-state index contributed by atoms with van der Waals surface area (Å²) in [4.78, 5) is 19.0. The van der Waals surface area contributed by atoms with Crippen LogP contribution in [0.3, 0.4) is 0 Å². The van der Waals surface area contributed by atoms with Crippen molar-refractivity contribution in [2.24, 2.45) is 0 Å². The third kappa shape index (κ3) is 6.10. The van der Waals surface area contributed by atoms with Gasteiger partial charge in [-0.3, -0.25) is 4.79 Å². The number of likely N-dealkylation sites (N-methyl/N-ethyl adjacent to an activating group) is 1. The van der Waals surface area contributed by atoms with E-state index in [1.165, 1.54) is 15.6 Å². The lowest BCUT2D eigenvalue weighted by atomic mass is 10.2. The largest absolute Gasteiger partial charge is 0.303 e. The van der Waals surface area contributed by atoms with Gasteiger partial charge in [0, 0.05) is 18.5 Å². The molecule has 0 aliphatic carbocycles. The minimum Gasteiger partial charge on any atom is -0.303 e. The Bertz CT molecular complexity index is 875. The second-order valence-corrected chi connectivity index (χ2v) is 9.32. The summed E-state index contributed by atoms with van der Waals surface area (Å²) in [6.45, 7) is 9.97. The van der Waals surface area contributed by atoms with Gasteiger partial charge in [0.15, 0.2) is 5.13 Å². The van der Waals surface area contributed by atoms with Crippen LogP contribution >= 0.6 is 11.3 Å². The van der Waals surface area contributed by atoms with E-state index in [4.69, 9.17) is 0 Å². The fourth-order valence-electron chi connectivity index (χ4n) is 2.67. The summed E-state index contributed by atoms with van der Waals surface area (Å²) in [7, 11) is -3.78. The molecule has 1 amide bonds. The summed E-state index contributed by atoms with van der Waals surface area (Å²) in [5.41, 5.74) is 1.79. The van der Waals surface area contributed by atoms with Crippen molar-refractivity contribution in [3.63, 3.8) is 0 Å². The highest BCUT2D eigenvalue weighted by Crippen LogP contribution is 2.18. The van der Waals surface area contributed by atoms with Crippen LogP contribution in [-0.2, 0) is 14.8 Å². The first-order valence-electron chi connectivity index (χ1n) is 9.27. The van der Waals surface area contributed by atoms with Gasteiger partial charge in [0.25, 0.3) is 0 Å². The number of sulfonamides is 1. The van der Waals surface area contributed by atoms with E-state index in [1.807, 2.05) is 33.1 Å². The Morgan fingerprint density at radius 1 is 1.11 bits per heavy atom. The average Bonchev–Trinajstić information content (AvgIpc) is 3.06. The molecule has 1 aromatic heterocycles. The minimum absolute atomic E-state index is 0.190. The molecule has 0 bridgehead atoms. The van der Waals surface area contributed by atoms with Crippen LogP contribution < -0.4 is 5.32 Å². The van der Waals surface area contributed by atoms with Gasteiger partial charge in [0.2, 0.25) is 15.9 Å². The number of nitrogens with one attached hydrogen (secondary N) is 1. The Labute approximate surface area is 171 Å². The van der Waals surface area contributed by atoms with Gasteiger partial charge < -0.3 is 10.2 Å². The number of nitrogens with zero attached hydrogens (tertiary/aromatic N) is 3. The number of carbonyl (C=O) groups excluding carboxylic acids is 1. The fraction of sp³-hybridized carbons (Fsp3) is 0.474. The SMILES string of the molecule is CCN(CC)CCN(CC(=O)Nc1nc(C)cs1)S(=O)(=O)c1ccc(C)cc1. The highest BCUT2D eigenvalue weighted by molar-refractivity contribution is 7.89. The van der Waals surface area contributed by atoms with E-state index in [2.05, 4.69) is 15.2 Å². The molecular formula is C19H28N4O3S2. The maximum atomic E-state index is 13.1. The van der Waals surface area contributed by atoms with Gasteiger partial charge >= 0.3 is 0 Å². The standard InChI is InChI=1S/C19H28N4O3S2/c1-5-22(6-2)11-12-23(13-18(24)21-19-20-16(4)14-27-19)28(25,26)17-9-7-15(3)8-10-17/h7-10,14H,5-6,11-13H2,1-4H3,(H,20,21,24). The van der Waals surface area contributed by atoms with E-state index in [1.54, 1.807) is 24.3 Å². The Kier molecular flexibility index (Phi) is 8.11.